The molecule has 0 aromatic carbocycles. The highest BCUT2D eigenvalue weighted by Crippen LogP contribution is 2.21. The zero-order valence-corrected chi connectivity index (χ0v) is 10.6. The molecule has 1 unspecified atom stereocenters. The van der Waals surface area contributed by atoms with E-state index < -0.39 is 0 Å². The number of aliphatic hydroxyl groups excluding tert-OH is 1. The molecule has 0 aliphatic heterocycles. The normalized spacial score (nSPS) is 13.1. The molecule has 8 heteroatoms. The van der Waals surface area contributed by atoms with Crippen LogP contribution in [-0.2, 0) is 11.3 Å². The van der Waals surface area contributed by atoms with Gasteiger partial charge in [0.1, 0.15) is 6.33 Å². The molecule has 7 nitrogen and oxygen atoms in total. The number of hydrogen-bond donors (Lipinski definition) is 2. The Kier molecular flexibility index (Phi) is 3.95. The first-order chi connectivity index (χ1) is 8.67. The van der Waals surface area contributed by atoms with Gasteiger partial charge in [-0.2, -0.15) is 0 Å². The van der Waals surface area contributed by atoms with Crippen molar-refractivity contribution in [2.75, 3.05) is 19.5 Å². The number of anilines is 1. The molecular weight excluding hydrogens is 258 g/mol. The molecule has 0 radical (unpaired) electrons. The van der Waals surface area contributed by atoms with Crippen LogP contribution in [0.2, 0.25) is 5.28 Å². The predicted molar refractivity (Wildman–Crippen MR) is 67.2 cm³/mol. The van der Waals surface area contributed by atoms with E-state index >= 15 is 0 Å². The van der Waals surface area contributed by atoms with Crippen LogP contribution in [0.4, 0.5) is 5.82 Å². The lowest BCUT2D eigenvalue weighted by Gasteiger charge is -2.12. The first kappa shape index (κ1) is 13.0. The molecule has 2 rings (SSSR count). The van der Waals surface area contributed by atoms with Gasteiger partial charge < -0.3 is 15.6 Å². The molecule has 0 saturated carbocycles. The summed E-state index contributed by atoms with van der Waals surface area (Å²) in [5.74, 6) is 0.297. The van der Waals surface area contributed by atoms with Crippen LogP contribution >= 0.6 is 11.6 Å². The van der Waals surface area contributed by atoms with Crippen LogP contribution in [0, 0.1) is 0 Å². The SMILES string of the molecule is COC(CO)CCn1c(Cl)nc2c(N)ncnc21. The van der Waals surface area contributed by atoms with Crippen LogP contribution < -0.4 is 5.73 Å². The van der Waals surface area contributed by atoms with E-state index in [1.54, 1.807) is 11.7 Å². The monoisotopic (exact) mass is 271 g/mol. The summed E-state index contributed by atoms with van der Waals surface area (Å²) in [5, 5.41) is 9.35. The van der Waals surface area contributed by atoms with Crippen molar-refractivity contribution in [1.29, 1.82) is 0 Å². The second-order valence-corrected chi connectivity index (χ2v) is 4.13. The van der Waals surface area contributed by atoms with E-state index in [4.69, 9.17) is 27.2 Å². The highest BCUT2D eigenvalue weighted by Gasteiger charge is 2.14. The first-order valence-corrected chi connectivity index (χ1v) is 5.81. The van der Waals surface area contributed by atoms with Gasteiger partial charge in [-0.25, -0.2) is 15.0 Å². The van der Waals surface area contributed by atoms with Crippen LogP contribution in [0.3, 0.4) is 0 Å². The van der Waals surface area contributed by atoms with E-state index in [1.807, 2.05) is 0 Å². The van der Waals surface area contributed by atoms with Crippen LogP contribution in [0.5, 0.6) is 0 Å². The number of aromatic nitrogens is 4. The van der Waals surface area contributed by atoms with Crippen LogP contribution in [0.15, 0.2) is 6.33 Å². The third kappa shape index (κ3) is 2.38. The number of methoxy groups -OCH3 is 1. The molecule has 3 N–H and O–H groups in total. The van der Waals surface area contributed by atoms with Gasteiger partial charge in [0.15, 0.2) is 17.0 Å². The zero-order valence-electron chi connectivity index (χ0n) is 9.88. The van der Waals surface area contributed by atoms with Crippen molar-refractivity contribution in [2.45, 2.75) is 19.1 Å². The second-order valence-electron chi connectivity index (χ2n) is 3.79. The van der Waals surface area contributed by atoms with Crippen LogP contribution in [-0.4, -0.2) is 44.4 Å². The van der Waals surface area contributed by atoms with Gasteiger partial charge in [-0.05, 0) is 18.0 Å². The van der Waals surface area contributed by atoms with Gasteiger partial charge in [-0.15, -0.1) is 0 Å². The summed E-state index contributed by atoms with van der Waals surface area (Å²) in [7, 11) is 1.55. The fourth-order valence-corrected chi connectivity index (χ4v) is 1.93. The van der Waals surface area contributed by atoms with Crippen LogP contribution in [0.25, 0.3) is 11.2 Å². The number of imidazole rings is 1. The molecule has 18 heavy (non-hydrogen) atoms. The van der Waals surface area contributed by atoms with Crippen molar-refractivity contribution in [3.05, 3.63) is 11.6 Å². The summed E-state index contributed by atoms with van der Waals surface area (Å²) in [5.41, 5.74) is 6.77. The number of fused-ring (bicyclic) bond motifs is 1. The molecule has 0 fully saturated rings. The lowest BCUT2D eigenvalue weighted by atomic mass is 10.2. The van der Waals surface area contributed by atoms with Gasteiger partial charge in [-0.1, -0.05) is 0 Å². The highest BCUT2D eigenvalue weighted by molar-refractivity contribution is 6.29. The molecule has 0 amide bonds. The number of ether oxygens (including phenoxy) is 1. The maximum atomic E-state index is 9.05. The fourth-order valence-electron chi connectivity index (χ4n) is 1.68. The minimum atomic E-state index is -0.238. The number of nitrogens with two attached hydrogens (primary N) is 1. The van der Waals surface area contributed by atoms with Crippen LogP contribution in [0.1, 0.15) is 6.42 Å². The summed E-state index contributed by atoms with van der Waals surface area (Å²) in [6.45, 7) is 0.489. The molecule has 2 aromatic rings. The highest BCUT2D eigenvalue weighted by atomic mass is 35.5. The number of aryl methyl sites for hydroxylation is 1. The summed E-state index contributed by atoms with van der Waals surface area (Å²) in [6.07, 6.45) is 1.73. The lowest BCUT2D eigenvalue weighted by Crippen LogP contribution is -2.18. The van der Waals surface area contributed by atoms with E-state index in [-0.39, 0.29) is 12.7 Å². The van der Waals surface area contributed by atoms with Crippen molar-refractivity contribution in [3.8, 4) is 0 Å². The molecule has 98 valence electrons. The summed E-state index contributed by atoms with van der Waals surface area (Å²) in [6, 6.07) is 0. The molecule has 0 aliphatic rings. The van der Waals surface area contributed by atoms with E-state index in [0.717, 1.165) is 0 Å². The van der Waals surface area contributed by atoms with E-state index in [9.17, 15) is 0 Å². The van der Waals surface area contributed by atoms with Crippen molar-refractivity contribution in [3.63, 3.8) is 0 Å². The van der Waals surface area contributed by atoms with Crippen molar-refractivity contribution in [1.82, 2.24) is 19.5 Å². The van der Waals surface area contributed by atoms with Crippen molar-refractivity contribution >= 4 is 28.6 Å². The minimum Gasteiger partial charge on any atom is -0.394 e. The Hall–Kier alpha value is -1.44. The van der Waals surface area contributed by atoms with Crippen molar-refractivity contribution in [2.24, 2.45) is 0 Å². The predicted octanol–water partition coefficient (Wildman–Crippen LogP) is 0.459. The average molecular weight is 272 g/mol. The molecular formula is C10H14ClN5O2. The maximum absolute atomic E-state index is 9.05. The molecule has 0 bridgehead atoms. The Balaban J connectivity index is 2.28. The van der Waals surface area contributed by atoms with Gasteiger partial charge in [0.05, 0.1) is 12.7 Å². The number of nitrogen functional groups attached to an aromatic ring is 1. The average Bonchev–Trinajstić information content (AvgIpc) is 2.69. The Morgan fingerprint density at radius 2 is 2.33 bits per heavy atom. The van der Waals surface area contributed by atoms with Gasteiger partial charge >= 0.3 is 0 Å². The Morgan fingerprint density at radius 3 is 3.00 bits per heavy atom. The number of aliphatic hydroxyl groups is 1. The second kappa shape index (κ2) is 5.47. The summed E-state index contributed by atoms with van der Waals surface area (Å²) >= 11 is 6.03. The number of hydrogen-bond acceptors (Lipinski definition) is 6. The standard InChI is InChI=1S/C10H14ClN5O2/c1-18-6(4-17)2-3-16-9-7(15-10(16)11)8(12)13-5-14-9/h5-6,17H,2-4H2,1H3,(H2,12,13,14). The van der Waals surface area contributed by atoms with Gasteiger partial charge in [-0.3, -0.25) is 4.57 Å². The Morgan fingerprint density at radius 1 is 1.56 bits per heavy atom. The minimum absolute atomic E-state index is 0.0438. The Labute approximate surface area is 109 Å². The van der Waals surface area contributed by atoms with Gasteiger partial charge in [0.25, 0.3) is 0 Å². The number of rotatable bonds is 5. The molecule has 0 aliphatic carbocycles. The molecule has 2 aromatic heterocycles. The Bertz CT molecular complexity index is 540. The lowest BCUT2D eigenvalue weighted by molar-refractivity contribution is 0.0405. The molecule has 0 spiro atoms. The smallest absolute Gasteiger partial charge is 0.205 e. The third-order valence-corrected chi connectivity index (χ3v) is 3.01. The molecule has 1 atom stereocenters. The van der Waals surface area contributed by atoms with E-state index in [0.29, 0.717) is 35.2 Å². The molecule has 2 heterocycles. The summed E-state index contributed by atoms with van der Waals surface area (Å²) < 4.78 is 6.81. The van der Waals surface area contributed by atoms with E-state index in [2.05, 4.69) is 15.0 Å². The molecule has 0 saturated heterocycles. The van der Waals surface area contributed by atoms with Gasteiger partial charge in [0.2, 0.25) is 5.28 Å². The van der Waals surface area contributed by atoms with E-state index in [1.165, 1.54) is 6.33 Å². The van der Waals surface area contributed by atoms with Crippen molar-refractivity contribution < 1.29 is 9.84 Å². The number of halogens is 1. The maximum Gasteiger partial charge on any atom is 0.205 e. The third-order valence-electron chi connectivity index (χ3n) is 2.73. The fraction of sp³-hybridized carbons (Fsp3) is 0.500. The first-order valence-electron chi connectivity index (χ1n) is 5.43. The summed E-state index contributed by atoms with van der Waals surface area (Å²) in [4.78, 5) is 12.1. The quantitative estimate of drug-likeness (QED) is 0.767. The zero-order chi connectivity index (χ0) is 13.1. The number of nitrogens with zero attached hydrogens (tertiary/aromatic N) is 4. The topological polar surface area (TPSA) is 99.1 Å². The van der Waals surface area contributed by atoms with Gasteiger partial charge in [0, 0.05) is 13.7 Å². The largest absolute Gasteiger partial charge is 0.394 e.